The van der Waals surface area contributed by atoms with Gasteiger partial charge in [-0.1, -0.05) is 60.7 Å². The highest BCUT2D eigenvalue weighted by molar-refractivity contribution is 6.21. The minimum Gasteiger partial charge on any atom is -0.274 e. The highest BCUT2D eigenvalue weighted by Gasteiger charge is 2.34. The molecule has 1 aliphatic heterocycles. The topological polar surface area (TPSA) is 55.2 Å². The van der Waals surface area contributed by atoms with Gasteiger partial charge in [0.2, 0.25) is 0 Å². The zero-order chi connectivity index (χ0) is 19.8. The fourth-order valence-electron chi connectivity index (χ4n) is 3.93. The zero-order valence-corrected chi connectivity index (χ0v) is 15.8. The Hall–Kier alpha value is -3.73. The number of fused-ring (bicyclic) bond motifs is 2. The molecule has 2 amide bonds. The molecule has 2 heterocycles. The molecule has 0 radical (unpaired) electrons. The molecule has 0 fully saturated rings. The van der Waals surface area contributed by atoms with Crippen molar-refractivity contribution in [2.24, 2.45) is 0 Å². The summed E-state index contributed by atoms with van der Waals surface area (Å²) in [5, 5.41) is 5.93. The number of hydrogen-bond donors (Lipinski definition) is 0. The second kappa shape index (κ2) is 7.02. The lowest BCUT2D eigenvalue weighted by molar-refractivity contribution is 0.0650. The number of rotatable bonds is 5. The Morgan fingerprint density at radius 2 is 1.31 bits per heavy atom. The van der Waals surface area contributed by atoms with Crippen LogP contribution < -0.4 is 0 Å². The largest absolute Gasteiger partial charge is 0.274 e. The molecule has 5 rings (SSSR count). The van der Waals surface area contributed by atoms with Crippen LogP contribution in [-0.2, 0) is 6.54 Å². The normalized spacial score (nSPS) is 13.3. The summed E-state index contributed by atoms with van der Waals surface area (Å²) in [5.74, 6) is -0.415. The maximum atomic E-state index is 12.5. The van der Waals surface area contributed by atoms with Crippen LogP contribution in [0.25, 0.3) is 22.2 Å². The van der Waals surface area contributed by atoms with Crippen molar-refractivity contribution < 1.29 is 9.59 Å². The van der Waals surface area contributed by atoms with Crippen molar-refractivity contribution in [1.29, 1.82) is 0 Å². The molecule has 0 N–H and O–H groups in total. The quantitative estimate of drug-likeness (QED) is 0.482. The minimum absolute atomic E-state index is 0.208. The molecule has 4 aromatic rings. The monoisotopic (exact) mass is 381 g/mol. The number of hydrogen-bond acceptors (Lipinski definition) is 3. The van der Waals surface area contributed by atoms with E-state index in [-0.39, 0.29) is 11.8 Å². The molecule has 5 heteroatoms. The van der Waals surface area contributed by atoms with E-state index in [1.807, 2.05) is 35.0 Å². The van der Waals surface area contributed by atoms with E-state index in [9.17, 15) is 9.59 Å². The molecular weight excluding hydrogens is 362 g/mol. The van der Waals surface area contributed by atoms with E-state index >= 15 is 0 Å². The Labute approximate surface area is 168 Å². The fourth-order valence-corrected chi connectivity index (χ4v) is 3.93. The van der Waals surface area contributed by atoms with Crippen LogP contribution >= 0.6 is 0 Å². The molecule has 0 saturated carbocycles. The SMILES string of the molecule is O=C1c2ccccc2C(=O)N1CCCn1nc(-c2ccccc2)c2ccccc21. The summed E-state index contributed by atoms with van der Waals surface area (Å²) in [4.78, 5) is 26.4. The van der Waals surface area contributed by atoms with Gasteiger partial charge in [0.15, 0.2) is 0 Å². The van der Waals surface area contributed by atoms with Gasteiger partial charge in [-0.25, -0.2) is 0 Å². The lowest BCUT2D eigenvalue weighted by atomic mass is 10.1. The van der Waals surface area contributed by atoms with Gasteiger partial charge in [0.05, 0.1) is 16.6 Å². The Bertz CT molecular complexity index is 1190. The third-order valence-corrected chi connectivity index (χ3v) is 5.34. The first-order valence-electron chi connectivity index (χ1n) is 9.70. The van der Waals surface area contributed by atoms with Gasteiger partial charge < -0.3 is 0 Å². The molecule has 0 spiro atoms. The summed E-state index contributed by atoms with van der Waals surface area (Å²) < 4.78 is 1.97. The third kappa shape index (κ3) is 2.91. The third-order valence-electron chi connectivity index (χ3n) is 5.34. The summed E-state index contributed by atoms with van der Waals surface area (Å²) >= 11 is 0. The van der Waals surface area contributed by atoms with Crippen LogP contribution in [-0.4, -0.2) is 33.0 Å². The van der Waals surface area contributed by atoms with Crippen molar-refractivity contribution >= 4 is 22.7 Å². The predicted molar refractivity (Wildman–Crippen MR) is 112 cm³/mol. The van der Waals surface area contributed by atoms with Crippen LogP contribution in [0.4, 0.5) is 0 Å². The molecule has 0 unspecified atom stereocenters. The summed E-state index contributed by atoms with van der Waals surface area (Å²) in [6, 6.07) is 25.2. The van der Waals surface area contributed by atoms with Crippen LogP contribution in [0.5, 0.6) is 0 Å². The highest BCUT2D eigenvalue weighted by atomic mass is 16.2. The molecule has 0 saturated heterocycles. The van der Waals surface area contributed by atoms with E-state index in [2.05, 4.69) is 24.3 Å². The van der Waals surface area contributed by atoms with Crippen molar-refractivity contribution in [3.8, 4) is 11.3 Å². The summed E-state index contributed by atoms with van der Waals surface area (Å²) in [6.07, 6.45) is 0.644. The van der Waals surface area contributed by atoms with E-state index in [1.165, 1.54) is 4.90 Å². The van der Waals surface area contributed by atoms with Crippen LogP contribution in [0.2, 0.25) is 0 Å². The molecule has 29 heavy (non-hydrogen) atoms. The number of para-hydroxylation sites is 1. The van der Waals surface area contributed by atoms with Crippen LogP contribution in [0.15, 0.2) is 78.9 Å². The molecular formula is C24H19N3O2. The highest BCUT2D eigenvalue weighted by Crippen LogP contribution is 2.28. The smallest absolute Gasteiger partial charge is 0.261 e. The van der Waals surface area contributed by atoms with Gasteiger partial charge >= 0.3 is 0 Å². The van der Waals surface area contributed by atoms with Gasteiger partial charge in [-0.3, -0.25) is 19.2 Å². The Kier molecular flexibility index (Phi) is 4.21. The number of aromatic nitrogens is 2. The maximum Gasteiger partial charge on any atom is 0.261 e. The number of benzene rings is 3. The first-order chi connectivity index (χ1) is 14.2. The Morgan fingerprint density at radius 3 is 2.03 bits per heavy atom. The van der Waals surface area contributed by atoms with Gasteiger partial charge in [0, 0.05) is 24.0 Å². The summed E-state index contributed by atoms with van der Waals surface area (Å²) in [6.45, 7) is 1.00. The molecule has 3 aromatic carbocycles. The fraction of sp³-hybridized carbons (Fsp3) is 0.125. The molecule has 5 nitrogen and oxygen atoms in total. The molecule has 0 bridgehead atoms. The van der Waals surface area contributed by atoms with Gasteiger partial charge in [0.1, 0.15) is 5.69 Å². The Balaban J connectivity index is 1.37. The first-order valence-corrected chi connectivity index (χ1v) is 9.70. The van der Waals surface area contributed by atoms with Crippen LogP contribution in [0, 0.1) is 0 Å². The molecule has 1 aliphatic rings. The standard InChI is InChI=1S/C24H19N3O2/c28-23-18-11-4-5-12-19(18)24(29)26(23)15-8-16-27-21-14-7-6-13-20(21)22(25-27)17-9-2-1-3-10-17/h1-7,9-14H,8,15-16H2. The van der Waals surface area contributed by atoms with Crippen molar-refractivity contribution in [2.75, 3.05) is 6.54 Å². The van der Waals surface area contributed by atoms with Gasteiger partial charge in [-0.15, -0.1) is 0 Å². The average molecular weight is 381 g/mol. The molecule has 0 atom stereocenters. The molecule has 142 valence electrons. The number of carbonyl (C=O) groups excluding carboxylic acids is 2. The maximum absolute atomic E-state index is 12.5. The number of aryl methyl sites for hydroxylation is 1. The van der Waals surface area contributed by atoms with Crippen LogP contribution in [0.3, 0.4) is 0 Å². The van der Waals surface area contributed by atoms with Crippen molar-refractivity contribution in [3.63, 3.8) is 0 Å². The molecule has 1 aromatic heterocycles. The lowest BCUT2D eigenvalue weighted by Crippen LogP contribution is -2.31. The second-order valence-electron chi connectivity index (χ2n) is 7.12. The second-order valence-corrected chi connectivity index (χ2v) is 7.12. The van der Waals surface area contributed by atoms with Crippen molar-refractivity contribution in [2.45, 2.75) is 13.0 Å². The van der Waals surface area contributed by atoms with E-state index in [0.29, 0.717) is 30.6 Å². The summed E-state index contributed by atoms with van der Waals surface area (Å²) in [5.41, 5.74) is 4.06. The molecule has 0 aliphatic carbocycles. The van der Waals surface area contributed by atoms with Gasteiger partial charge in [-0.2, -0.15) is 5.10 Å². The number of nitrogens with zero attached hydrogens (tertiary/aromatic N) is 3. The zero-order valence-electron chi connectivity index (χ0n) is 15.8. The number of imide groups is 1. The lowest BCUT2D eigenvalue weighted by Gasteiger charge is -2.13. The van der Waals surface area contributed by atoms with Gasteiger partial charge in [-0.05, 0) is 24.6 Å². The minimum atomic E-state index is -0.208. The Morgan fingerprint density at radius 1 is 0.690 bits per heavy atom. The predicted octanol–water partition coefficient (Wildman–Crippen LogP) is 4.39. The van der Waals surface area contributed by atoms with E-state index in [4.69, 9.17) is 5.10 Å². The number of carbonyl (C=O) groups is 2. The van der Waals surface area contributed by atoms with E-state index in [0.717, 1.165) is 22.2 Å². The number of amides is 2. The van der Waals surface area contributed by atoms with Crippen molar-refractivity contribution in [1.82, 2.24) is 14.7 Å². The van der Waals surface area contributed by atoms with Crippen LogP contribution in [0.1, 0.15) is 27.1 Å². The first kappa shape index (κ1) is 17.4. The van der Waals surface area contributed by atoms with E-state index in [1.54, 1.807) is 24.3 Å². The van der Waals surface area contributed by atoms with E-state index < -0.39 is 0 Å². The average Bonchev–Trinajstić information content (AvgIpc) is 3.26. The summed E-state index contributed by atoms with van der Waals surface area (Å²) in [7, 11) is 0. The van der Waals surface area contributed by atoms with Crippen molar-refractivity contribution in [3.05, 3.63) is 90.0 Å². The van der Waals surface area contributed by atoms with Gasteiger partial charge in [0.25, 0.3) is 11.8 Å².